The SMILES string of the molecule is Brc1cc(-c2ccc3ccccc3c2)c2[nH]c3ccccc3c2c1. The minimum absolute atomic E-state index is 1.10. The predicted molar refractivity (Wildman–Crippen MR) is 106 cm³/mol. The van der Waals surface area contributed by atoms with Gasteiger partial charge in [-0.15, -0.1) is 0 Å². The van der Waals surface area contributed by atoms with Crippen molar-refractivity contribution >= 4 is 48.5 Å². The minimum atomic E-state index is 1.10. The fraction of sp³-hybridized carbons (Fsp3) is 0. The van der Waals surface area contributed by atoms with E-state index >= 15 is 0 Å². The molecular formula is C22H14BrN. The third kappa shape index (κ3) is 2.07. The van der Waals surface area contributed by atoms with Crippen molar-refractivity contribution < 1.29 is 0 Å². The Labute approximate surface area is 148 Å². The van der Waals surface area contributed by atoms with Gasteiger partial charge in [0.05, 0.1) is 5.52 Å². The molecule has 0 aliphatic heterocycles. The van der Waals surface area contributed by atoms with Crippen LogP contribution in [0.25, 0.3) is 43.7 Å². The molecule has 2 heteroatoms. The highest BCUT2D eigenvalue weighted by Crippen LogP contribution is 2.36. The average Bonchev–Trinajstić information content (AvgIpc) is 2.99. The molecule has 0 radical (unpaired) electrons. The lowest BCUT2D eigenvalue weighted by Gasteiger charge is -2.07. The first-order valence-corrected chi connectivity index (χ1v) is 8.78. The van der Waals surface area contributed by atoms with Crippen LogP contribution in [-0.4, -0.2) is 4.98 Å². The Balaban J connectivity index is 1.87. The summed E-state index contributed by atoms with van der Waals surface area (Å²) in [6.45, 7) is 0. The first-order valence-electron chi connectivity index (χ1n) is 7.99. The number of fused-ring (bicyclic) bond motifs is 4. The Kier molecular flexibility index (Phi) is 3.00. The second kappa shape index (κ2) is 5.22. The number of H-pyrrole nitrogens is 1. The van der Waals surface area contributed by atoms with Crippen molar-refractivity contribution in [3.63, 3.8) is 0 Å². The number of nitrogens with one attached hydrogen (secondary N) is 1. The van der Waals surface area contributed by atoms with Crippen LogP contribution in [0, 0.1) is 0 Å². The number of hydrogen-bond acceptors (Lipinski definition) is 0. The molecule has 1 N–H and O–H groups in total. The standard InChI is InChI=1S/C22H14BrN/c23-17-12-19(16-10-9-14-5-1-2-6-15(14)11-16)22-20(13-17)18-7-3-4-8-21(18)24-22/h1-13,24H. The Bertz CT molecular complexity index is 1220. The third-order valence-corrected chi connectivity index (χ3v) is 5.10. The maximum atomic E-state index is 3.69. The van der Waals surface area contributed by atoms with Gasteiger partial charge in [0, 0.05) is 26.3 Å². The molecule has 0 saturated heterocycles. The van der Waals surface area contributed by atoms with Crippen molar-refractivity contribution in [3.8, 4) is 11.1 Å². The molecule has 0 atom stereocenters. The van der Waals surface area contributed by atoms with E-state index in [0.29, 0.717) is 0 Å². The smallest absolute Gasteiger partial charge is 0.0545 e. The van der Waals surface area contributed by atoms with Gasteiger partial charge in [-0.25, -0.2) is 0 Å². The van der Waals surface area contributed by atoms with Crippen LogP contribution >= 0.6 is 15.9 Å². The highest BCUT2D eigenvalue weighted by Gasteiger charge is 2.11. The summed E-state index contributed by atoms with van der Waals surface area (Å²) in [5.74, 6) is 0. The summed E-state index contributed by atoms with van der Waals surface area (Å²) in [7, 11) is 0. The van der Waals surface area contributed by atoms with E-state index in [0.717, 1.165) is 4.47 Å². The summed E-state index contributed by atoms with van der Waals surface area (Å²) in [5, 5.41) is 5.04. The van der Waals surface area contributed by atoms with E-state index in [2.05, 4.69) is 99.8 Å². The molecule has 1 nitrogen and oxygen atoms in total. The fourth-order valence-corrected chi connectivity index (χ4v) is 3.96. The molecule has 5 aromatic rings. The molecule has 0 spiro atoms. The number of para-hydroxylation sites is 1. The van der Waals surface area contributed by atoms with Crippen LogP contribution in [0.1, 0.15) is 0 Å². The van der Waals surface area contributed by atoms with Crippen LogP contribution in [0.2, 0.25) is 0 Å². The van der Waals surface area contributed by atoms with Gasteiger partial charge in [-0.3, -0.25) is 0 Å². The van der Waals surface area contributed by atoms with Crippen molar-refractivity contribution in [2.75, 3.05) is 0 Å². The second-order valence-electron chi connectivity index (χ2n) is 6.11. The quantitative estimate of drug-likeness (QED) is 0.329. The summed E-state index contributed by atoms with van der Waals surface area (Å²) in [6, 6.07) is 28.0. The molecule has 24 heavy (non-hydrogen) atoms. The minimum Gasteiger partial charge on any atom is -0.354 e. The number of benzene rings is 4. The lowest BCUT2D eigenvalue weighted by molar-refractivity contribution is 1.53. The van der Waals surface area contributed by atoms with Gasteiger partial charge in [-0.05, 0) is 40.6 Å². The fourth-order valence-electron chi connectivity index (χ4n) is 3.50. The zero-order valence-corrected chi connectivity index (χ0v) is 14.5. The van der Waals surface area contributed by atoms with E-state index in [9.17, 15) is 0 Å². The van der Waals surface area contributed by atoms with Crippen LogP contribution in [0.4, 0.5) is 0 Å². The zero-order chi connectivity index (χ0) is 16.1. The molecule has 1 aromatic heterocycles. The lowest BCUT2D eigenvalue weighted by atomic mass is 9.99. The molecule has 114 valence electrons. The second-order valence-corrected chi connectivity index (χ2v) is 7.02. The van der Waals surface area contributed by atoms with Crippen LogP contribution in [0.5, 0.6) is 0 Å². The van der Waals surface area contributed by atoms with Crippen molar-refractivity contribution in [1.82, 2.24) is 4.98 Å². The molecule has 0 aliphatic rings. The van der Waals surface area contributed by atoms with Gasteiger partial charge in [-0.2, -0.15) is 0 Å². The molecule has 0 amide bonds. The number of halogens is 1. The van der Waals surface area contributed by atoms with E-state index < -0.39 is 0 Å². The van der Waals surface area contributed by atoms with Crippen LogP contribution < -0.4 is 0 Å². The van der Waals surface area contributed by atoms with Crippen LogP contribution in [0.15, 0.2) is 83.3 Å². The molecule has 0 aliphatic carbocycles. The summed E-state index contributed by atoms with van der Waals surface area (Å²) < 4.78 is 1.10. The summed E-state index contributed by atoms with van der Waals surface area (Å²) >= 11 is 3.69. The molecule has 0 fully saturated rings. The van der Waals surface area contributed by atoms with E-state index in [4.69, 9.17) is 0 Å². The van der Waals surface area contributed by atoms with Gasteiger partial charge in [0.2, 0.25) is 0 Å². The predicted octanol–water partition coefficient (Wildman–Crippen LogP) is 6.90. The Morgan fingerprint density at radius 2 is 1.46 bits per heavy atom. The first kappa shape index (κ1) is 13.8. The first-order chi connectivity index (χ1) is 11.8. The number of rotatable bonds is 1. The highest BCUT2D eigenvalue weighted by atomic mass is 79.9. The van der Waals surface area contributed by atoms with Gasteiger partial charge >= 0.3 is 0 Å². The molecular weight excluding hydrogens is 358 g/mol. The third-order valence-electron chi connectivity index (χ3n) is 4.64. The van der Waals surface area contributed by atoms with Crippen LogP contribution in [-0.2, 0) is 0 Å². The molecule has 0 bridgehead atoms. The molecule has 5 rings (SSSR count). The van der Waals surface area contributed by atoms with Gasteiger partial charge in [0.15, 0.2) is 0 Å². The Morgan fingerprint density at radius 1 is 0.667 bits per heavy atom. The van der Waals surface area contributed by atoms with Gasteiger partial charge in [0.1, 0.15) is 0 Å². The van der Waals surface area contributed by atoms with Gasteiger partial charge < -0.3 is 4.98 Å². The largest absolute Gasteiger partial charge is 0.354 e. The summed E-state index contributed by atoms with van der Waals surface area (Å²) in [5.41, 5.74) is 4.82. The normalized spacial score (nSPS) is 11.5. The van der Waals surface area contributed by atoms with E-state index in [-0.39, 0.29) is 0 Å². The van der Waals surface area contributed by atoms with Crippen molar-refractivity contribution in [1.29, 1.82) is 0 Å². The summed E-state index contributed by atoms with van der Waals surface area (Å²) in [4.78, 5) is 3.60. The maximum Gasteiger partial charge on any atom is 0.0545 e. The highest BCUT2D eigenvalue weighted by molar-refractivity contribution is 9.10. The van der Waals surface area contributed by atoms with Gasteiger partial charge in [0.25, 0.3) is 0 Å². The molecule has 1 heterocycles. The Morgan fingerprint density at radius 3 is 2.38 bits per heavy atom. The monoisotopic (exact) mass is 371 g/mol. The molecule has 4 aromatic carbocycles. The average molecular weight is 372 g/mol. The molecule has 0 saturated carbocycles. The maximum absolute atomic E-state index is 3.69. The van der Waals surface area contributed by atoms with Crippen LogP contribution in [0.3, 0.4) is 0 Å². The zero-order valence-electron chi connectivity index (χ0n) is 12.9. The number of aromatic amines is 1. The van der Waals surface area contributed by atoms with Crippen molar-refractivity contribution in [3.05, 3.63) is 83.3 Å². The lowest BCUT2D eigenvalue weighted by Crippen LogP contribution is -1.82. The van der Waals surface area contributed by atoms with Crippen molar-refractivity contribution in [2.45, 2.75) is 0 Å². The van der Waals surface area contributed by atoms with E-state index in [1.165, 1.54) is 43.7 Å². The van der Waals surface area contributed by atoms with E-state index in [1.54, 1.807) is 0 Å². The number of hydrogen-bond donors (Lipinski definition) is 1. The van der Waals surface area contributed by atoms with Crippen molar-refractivity contribution in [2.24, 2.45) is 0 Å². The molecule has 0 unspecified atom stereocenters. The summed E-state index contributed by atoms with van der Waals surface area (Å²) in [6.07, 6.45) is 0. The topological polar surface area (TPSA) is 15.8 Å². The van der Waals surface area contributed by atoms with E-state index in [1.807, 2.05) is 0 Å². The number of aromatic nitrogens is 1. The Hall–Kier alpha value is -2.58. The van der Waals surface area contributed by atoms with Gasteiger partial charge in [-0.1, -0.05) is 70.5 Å².